The average molecular weight is 298 g/mol. The molecule has 8 heteroatoms. The molecule has 0 aliphatic carbocycles. The van der Waals surface area contributed by atoms with Crippen molar-refractivity contribution in [2.75, 3.05) is 5.32 Å². The van der Waals surface area contributed by atoms with Crippen molar-refractivity contribution < 1.29 is 0 Å². The summed E-state index contributed by atoms with van der Waals surface area (Å²) in [6.07, 6.45) is 4.37. The minimum Gasteiger partial charge on any atom is -0.365 e. The molecule has 3 aromatic heterocycles. The summed E-state index contributed by atoms with van der Waals surface area (Å²) >= 11 is 0. The molecule has 0 saturated carbocycles. The number of nitrogens with one attached hydrogen (secondary N) is 1. The number of nitrogens with zero attached hydrogens (tertiary/aromatic N) is 7. The maximum absolute atomic E-state index is 4.47. The molecule has 4 heterocycles. The molecule has 0 radical (unpaired) electrons. The van der Waals surface area contributed by atoms with Crippen LogP contribution in [0.5, 0.6) is 0 Å². The first-order valence-electron chi connectivity index (χ1n) is 7.59. The van der Waals surface area contributed by atoms with E-state index in [9.17, 15) is 0 Å². The highest BCUT2D eigenvalue weighted by molar-refractivity contribution is 5.45. The SMILES string of the molecule is CCc1cc(N[C@@H]2CCc3nnc(C)n3C2)n2ncnc2n1. The number of anilines is 1. The van der Waals surface area contributed by atoms with Gasteiger partial charge in [0, 0.05) is 30.8 Å². The standard InChI is InChI=1S/C14H18N8/c1-3-10-6-13(22-14(18-10)15-8-16-22)17-11-4-5-12-20-19-9(2)21(12)7-11/h6,8,11,17H,3-5,7H2,1-2H3/t11-/m1/s1. The fraction of sp³-hybridized carbons (Fsp3) is 0.500. The van der Waals surface area contributed by atoms with Gasteiger partial charge in [0.1, 0.15) is 23.8 Å². The molecule has 3 aromatic rings. The Balaban J connectivity index is 1.64. The van der Waals surface area contributed by atoms with Gasteiger partial charge in [-0.15, -0.1) is 10.2 Å². The van der Waals surface area contributed by atoms with Crippen LogP contribution in [0.25, 0.3) is 5.78 Å². The maximum Gasteiger partial charge on any atom is 0.254 e. The van der Waals surface area contributed by atoms with E-state index in [2.05, 4.69) is 48.1 Å². The summed E-state index contributed by atoms with van der Waals surface area (Å²) in [5.74, 6) is 3.62. The van der Waals surface area contributed by atoms with Crippen LogP contribution in [-0.4, -0.2) is 40.4 Å². The Bertz CT molecular complexity index is 817. The monoisotopic (exact) mass is 298 g/mol. The van der Waals surface area contributed by atoms with Crippen molar-refractivity contribution in [3.63, 3.8) is 0 Å². The summed E-state index contributed by atoms with van der Waals surface area (Å²) in [5.41, 5.74) is 1.01. The lowest BCUT2D eigenvalue weighted by atomic mass is 10.1. The van der Waals surface area contributed by atoms with E-state index in [0.717, 1.165) is 49.0 Å². The van der Waals surface area contributed by atoms with E-state index in [0.29, 0.717) is 11.8 Å². The minimum atomic E-state index is 0.321. The highest BCUT2D eigenvalue weighted by atomic mass is 15.4. The van der Waals surface area contributed by atoms with Crippen LogP contribution in [0.15, 0.2) is 12.4 Å². The second-order valence-corrected chi connectivity index (χ2v) is 5.61. The third-order valence-electron chi connectivity index (χ3n) is 4.15. The third kappa shape index (κ3) is 2.11. The van der Waals surface area contributed by atoms with Crippen LogP contribution < -0.4 is 5.32 Å². The molecule has 1 atom stereocenters. The van der Waals surface area contributed by atoms with Gasteiger partial charge >= 0.3 is 0 Å². The van der Waals surface area contributed by atoms with E-state index < -0.39 is 0 Å². The lowest BCUT2D eigenvalue weighted by molar-refractivity contribution is 0.468. The molecule has 114 valence electrons. The van der Waals surface area contributed by atoms with Gasteiger partial charge in [-0.25, -0.2) is 4.98 Å². The largest absolute Gasteiger partial charge is 0.365 e. The molecular weight excluding hydrogens is 280 g/mol. The lowest BCUT2D eigenvalue weighted by Crippen LogP contribution is -2.32. The van der Waals surface area contributed by atoms with E-state index in [1.165, 1.54) is 6.33 Å². The van der Waals surface area contributed by atoms with Gasteiger partial charge in [0.25, 0.3) is 5.78 Å². The van der Waals surface area contributed by atoms with Crippen molar-refractivity contribution >= 4 is 11.6 Å². The van der Waals surface area contributed by atoms with Crippen LogP contribution >= 0.6 is 0 Å². The van der Waals surface area contributed by atoms with Crippen molar-refractivity contribution in [2.24, 2.45) is 0 Å². The zero-order chi connectivity index (χ0) is 15.1. The highest BCUT2D eigenvalue weighted by Crippen LogP contribution is 2.19. The molecule has 0 bridgehead atoms. The smallest absolute Gasteiger partial charge is 0.254 e. The Hall–Kier alpha value is -2.51. The van der Waals surface area contributed by atoms with Gasteiger partial charge in [-0.3, -0.25) is 0 Å². The number of hydrogen-bond donors (Lipinski definition) is 1. The summed E-state index contributed by atoms with van der Waals surface area (Å²) in [6, 6.07) is 2.37. The van der Waals surface area contributed by atoms with Crippen LogP contribution in [0.3, 0.4) is 0 Å². The zero-order valence-electron chi connectivity index (χ0n) is 12.7. The van der Waals surface area contributed by atoms with Crippen LogP contribution in [-0.2, 0) is 19.4 Å². The number of hydrogen-bond acceptors (Lipinski definition) is 6. The molecule has 1 aliphatic rings. The van der Waals surface area contributed by atoms with Crippen molar-refractivity contribution in [2.45, 2.75) is 45.7 Å². The quantitative estimate of drug-likeness (QED) is 0.777. The normalized spacial score (nSPS) is 17.6. The Labute approximate surface area is 127 Å². The van der Waals surface area contributed by atoms with Gasteiger partial charge in [0.05, 0.1) is 0 Å². The van der Waals surface area contributed by atoms with E-state index in [-0.39, 0.29) is 0 Å². The minimum absolute atomic E-state index is 0.321. The Kier molecular flexibility index (Phi) is 3.02. The van der Waals surface area contributed by atoms with Gasteiger partial charge in [0.15, 0.2) is 0 Å². The van der Waals surface area contributed by atoms with E-state index in [4.69, 9.17) is 0 Å². The maximum atomic E-state index is 4.47. The zero-order valence-corrected chi connectivity index (χ0v) is 12.7. The van der Waals surface area contributed by atoms with E-state index in [1.54, 1.807) is 4.52 Å². The molecule has 0 amide bonds. The average Bonchev–Trinajstić information content (AvgIpc) is 3.14. The number of aryl methyl sites for hydroxylation is 3. The summed E-state index contributed by atoms with van der Waals surface area (Å²) < 4.78 is 3.94. The molecule has 0 unspecified atom stereocenters. The third-order valence-corrected chi connectivity index (χ3v) is 4.15. The molecule has 22 heavy (non-hydrogen) atoms. The van der Waals surface area contributed by atoms with Gasteiger partial charge in [-0.2, -0.15) is 14.6 Å². The molecule has 8 nitrogen and oxygen atoms in total. The van der Waals surface area contributed by atoms with Crippen LogP contribution in [0.2, 0.25) is 0 Å². The van der Waals surface area contributed by atoms with Crippen molar-refractivity contribution in [3.8, 4) is 0 Å². The molecular formula is C14H18N8. The topological polar surface area (TPSA) is 85.8 Å². The Morgan fingerprint density at radius 1 is 1.36 bits per heavy atom. The summed E-state index contributed by atoms with van der Waals surface area (Å²) in [7, 11) is 0. The van der Waals surface area contributed by atoms with Crippen LogP contribution in [0.1, 0.15) is 30.7 Å². The first kappa shape index (κ1) is 13.2. The molecule has 0 saturated heterocycles. The number of aromatic nitrogens is 7. The molecule has 0 fully saturated rings. The van der Waals surface area contributed by atoms with Crippen molar-refractivity contribution in [1.29, 1.82) is 0 Å². The highest BCUT2D eigenvalue weighted by Gasteiger charge is 2.22. The van der Waals surface area contributed by atoms with E-state index in [1.807, 2.05) is 6.92 Å². The predicted molar refractivity (Wildman–Crippen MR) is 80.7 cm³/mol. The second kappa shape index (κ2) is 5.04. The number of rotatable bonds is 3. The summed E-state index contributed by atoms with van der Waals surface area (Å²) in [5, 5.41) is 16.2. The molecule has 1 N–H and O–H groups in total. The van der Waals surface area contributed by atoms with Gasteiger partial charge < -0.3 is 9.88 Å². The van der Waals surface area contributed by atoms with Gasteiger partial charge in [0.2, 0.25) is 0 Å². The molecule has 0 spiro atoms. The van der Waals surface area contributed by atoms with Crippen LogP contribution in [0.4, 0.5) is 5.82 Å². The molecule has 0 aromatic carbocycles. The first-order chi connectivity index (χ1) is 10.7. The fourth-order valence-corrected chi connectivity index (χ4v) is 2.93. The van der Waals surface area contributed by atoms with Crippen LogP contribution in [0, 0.1) is 6.92 Å². The second-order valence-electron chi connectivity index (χ2n) is 5.61. The van der Waals surface area contributed by atoms with E-state index >= 15 is 0 Å². The Morgan fingerprint density at radius 3 is 3.14 bits per heavy atom. The predicted octanol–water partition coefficient (Wildman–Crippen LogP) is 1.01. The summed E-state index contributed by atoms with van der Waals surface area (Å²) in [6.45, 7) is 4.96. The Morgan fingerprint density at radius 2 is 2.27 bits per heavy atom. The number of fused-ring (bicyclic) bond motifs is 2. The van der Waals surface area contributed by atoms with Crippen molar-refractivity contribution in [3.05, 3.63) is 29.7 Å². The van der Waals surface area contributed by atoms with Gasteiger partial charge in [-0.05, 0) is 19.8 Å². The van der Waals surface area contributed by atoms with Crippen molar-refractivity contribution in [1.82, 2.24) is 34.3 Å². The fourth-order valence-electron chi connectivity index (χ4n) is 2.93. The molecule has 4 rings (SSSR count). The molecule has 1 aliphatic heterocycles. The van der Waals surface area contributed by atoms with Gasteiger partial charge in [-0.1, -0.05) is 6.92 Å². The lowest BCUT2D eigenvalue weighted by Gasteiger charge is -2.25. The summed E-state index contributed by atoms with van der Waals surface area (Å²) in [4.78, 5) is 8.67. The first-order valence-corrected chi connectivity index (χ1v) is 7.59.